The first-order valence-electron chi connectivity index (χ1n) is 11.8. The van der Waals surface area contributed by atoms with Crippen LogP contribution in [0, 0.1) is 17.7 Å². The fraction of sp³-hybridized carbons (Fsp3) is 0.259. The summed E-state index contributed by atoms with van der Waals surface area (Å²) in [5, 5.41) is 0.416. The Labute approximate surface area is 214 Å². The number of carbonyl (C=O) groups is 1. The predicted octanol–water partition coefficient (Wildman–Crippen LogP) is 6.08. The molecule has 1 aromatic heterocycles. The maximum atomic E-state index is 13.9. The molecule has 0 unspecified atom stereocenters. The number of anilines is 2. The summed E-state index contributed by atoms with van der Waals surface area (Å²) in [4.78, 5) is 20.0. The Kier molecular flexibility index (Phi) is 6.63. The van der Waals surface area contributed by atoms with E-state index in [1.165, 1.54) is 56.9 Å². The Hall–Kier alpha value is -3.14. The van der Waals surface area contributed by atoms with Crippen molar-refractivity contribution >= 4 is 48.3 Å². The number of rotatable bonds is 5. The number of nitrogens with zero attached hydrogens (tertiary/aromatic N) is 3. The van der Waals surface area contributed by atoms with Crippen LogP contribution >= 0.6 is 11.3 Å². The normalized spacial score (nSPS) is 18.9. The number of aromatic nitrogens is 1. The molecule has 36 heavy (non-hydrogen) atoms. The van der Waals surface area contributed by atoms with Gasteiger partial charge in [0.1, 0.15) is 5.82 Å². The fourth-order valence-corrected chi connectivity index (χ4v) is 7.44. The first-order valence-corrected chi connectivity index (χ1v) is 14.0. The quantitative estimate of drug-likeness (QED) is 0.318. The summed E-state index contributed by atoms with van der Waals surface area (Å²) in [7, 11) is -3.76. The van der Waals surface area contributed by atoms with Gasteiger partial charge >= 0.3 is 0 Å². The van der Waals surface area contributed by atoms with Crippen LogP contribution in [0.3, 0.4) is 0 Å². The first kappa shape index (κ1) is 24.5. The topological polar surface area (TPSA) is 70.6 Å². The van der Waals surface area contributed by atoms with Crippen molar-refractivity contribution in [1.82, 2.24) is 9.29 Å². The molecular formula is C27H26FN3O3S2. The zero-order valence-electron chi connectivity index (χ0n) is 20.0. The van der Waals surface area contributed by atoms with Crippen LogP contribution in [0.1, 0.15) is 30.6 Å². The van der Waals surface area contributed by atoms with Crippen molar-refractivity contribution < 1.29 is 17.6 Å². The SMILES string of the molecule is C[C@H]1C[C@H](C)CN(S(=O)(=O)c2cccc(C(=O)N(c3ccc(F)cc3)c3nc4ccccc4s3)c2)C1. The van der Waals surface area contributed by atoms with Gasteiger partial charge in [-0.15, -0.1) is 0 Å². The van der Waals surface area contributed by atoms with Crippen LogP contribution in [0.25, 0.3) is 10.2 Å². The van der Waals surface area contributed by atoms with Crippen molar-refractivity contribution in [3.8, 4) is 0 Å². The van der Waals surface area contributed by atoms with E-state index >= 15 is 0 Å². The van der Waals surface area contributed by atoms with Crippen molar-refractivity contribution in [3.63, 3.8) is 0 Å². The van der Waals surface area contributed by atoms with Gasteiger partial charge in [-0.1, -0.05) is 43.4 Å². The van der Waals surface area contributed by atoms with Crippen molar-refractivity contribution in [2.24, 2.45) is 11.8 Å². The maximum absolute atomic E-state index is 13.9. The van der Waals surface area contributed by atoms with Gasteiger partial charge < -0.3 is 0 Å². The highest BCUT2D eigenvalue weighted by atomic mass is 32.2. The molecule has 186 valence electrons. The molecule has 1 amide bonds. The molecule has 6 nitrogen and oxygen atoms in total. The molecule has 3 aromatic carbocycles. The summed E-state index contributed by atoms with van der Waals surface area (Å²) in [5.41, 5.74) is 1.38. The Balaban J connectivity index is 1.55. The summed E-state index contributed by atoms with van der Waals surface area (Å²) in [6.45, 7) is 5.02. The van der Waals surface area contributed by atoms with Gasteiger partial charge in [-0.05, 0) is 72.9 Å². The number of halogens is 1. The number of piperidine rings is 1. The zero-order valence-corrected chi connectivity index (χ0v) is 21.6. The number of para-hydroxylation sites is 1. The van der Waals surface area contributed by atoms with E-state index in [9.17, 15) is 17.6 Å². The average molecular weight is 524 g/mol. The molecule has 1 fully saturated rings. The van der Waals surface area contributed by atoms with Gasteiger partial charge in [0.2, 0.25) is 10.0 Å². The third kappa shape index (κ3) is 4.78. The van der Waals surface area contributed by atoms with E-state index in [4.69, 9.17) is 0 Å². The number of carbonyl (C=O) groups excluding carboxylic acids is 1. The lowest BCUT2D eigenvalue weighted by molar-refractivity contribution is 0.0999. The zero-order chi connectivity index (χ0) is 25.4. The lowest BCUT2D eigenvalue weighted by Gasteiger charge is -2.34. The average Bonchev–Trinajstić information content (AvgIpc) is 3.28. The van der Waals surface area contributed by atoms with Gasteiger partial charge in [0, 0.05) is 18.7 Å². The van der Waals surface area contributed by atoms with Crippen LogP contribution in [0.5, 0.6) is 0 Å². The first-order chi connectivity index (χ1) is 17.2. The third-order valence-corrected chi connectivity index (χ3v) is 9.17. The Morgan fingerprint density at radius 2 is 1.69 bits per heavy atom. The number of hydrogen-bond donors (Lipinski definition) is 0. The van der Waals surface area contributed by atoms with Gasteiger partial charge in [0.05, 0.1) is 20.8 Å². The molecule has 0 spiro atoms. The van der Waals surface area contributed by atoms with Crippen molar-refractivity contribution in [2.75, 3.05) is 18.0 Å². The summed E-state index contributed by atoms with van der Waals surface area (Å²) in [5.74, 6) is -0.339. The highest BCUT2D eigenvalue weighted by Gasteiger charge is 2.32. The van der Waals surface area contributed by atoms with E-state index in [0.717, 1.165) is 16.6 Å². The van der Waals surface area contributed by atoms with Gasteiger partial charge in [-0.3, -0.25) is 9.69 Å². The summed E-state index contributed by atoms with van der Waals surface area (Å²) >= 11 is 1.33. The highest BCUT2D eigenvalue weighted by Crippen LogP contribution is 2.35. The van der Waals surface area contributed by atoms with Crippen LogP contribution in [0.4, 0.5) is 15.2 Å². The Morgan fingerprint density at radius 3 is 2.39 bits per heavy atom. The van der Waals surface area contributed by atoms with Gasteiger partial charge in [-0.25, -0.2) is 17.8 Å². The van der Waals surface area contributed by atoms with Crippen molar-refractivity contribution in [2.45, 2.75) is 25.2 Å². The highest BCUT2D eigenvalue weighted by molar-refractivity contribution is 7.89. The molecule has 9 heteroatoms. The van der Waals surface area contributed by atoms with Crippen molar-refractivity contribution in [3.05, 3.63) is 84.2 Å². The van der Waals surface area contributed by atoms with Crippen LogP contribution in [-0.4, -0.2) is 36.7 Å². The van der Waals surface area contributed by atoms with Gasteiger partial charge in [-0.2, -0.15) is 4.31 Å². The molecule has 0 bridgehead atoms. The molecule has 1 aliphatic heterocycles. The van der Waals surface area contributed by atoms with E-state index in [-0.39, 0.29) is 22.3 Å². The monoisotopic (exact) mass is 523 g/mol. The Morgan fingerprint density at radius 1 is 1.00 bits per heavy atom. The number of hydrogen-bond acceptors (Lipinski definition) is 5. The minimum absolute atomic E-state index is 0.0815. The predicted molar refractivity (Wildman–Crippen MR) is 141 cm³/mol. The molecule has 2 atom stereocenters. The second-order valence-electron chi connectivity index (χ2n) is 9.38. The molecule has 5 rings (SSSR count). The second-order valence-corrected chi connectivity index (χ2v) is 12.3. The number of fused-ring (bicyclic) bond motifs is 1. The summed E-state index contributed by atoms with van der Waals surface area (Å²) < 4.78 is 43.0. The molecule has 0 aliphatic carbocycles. The molecule has 4 aromatic rings. The molecule has 1 saturated heterocycles. The van der Waals surface area contributed by atoms with Crippen LogP contribution < -0.4 is 4.90 Å². The minimum atomic E-state index is -3.76. The number of thiazole rings is 1. The van der Waals surface area contributed by atoms with Crippen molar-refractivity contribution in [1.29, 1.82) is 0 Å². The molecule has 2 heterocycles. The van der Waals surface area contributed by atoms with E-state index in [2.05, 4.69) is 18.8 Å². The van der Waals surface area contributed by atoms with E-state index in [1.807, 2.05) is 24.3 Å². The smallest absolute Gasteiger partial charge is 0.264 e. The lowest BCUT2D eigenvalue weighted by Crippen LogP contribution is -2.42. The van der Waals surface area contributed by atoms with Gasteiger partial charge in [0.25, 0.3) is 5.91 Å². The van der Waals surface area contributed by atoms with Gasteiger partial charge in [0.15, 0.2) is 5.13 Å². The molecule has 0 radical (unpaired) electrons. The second kappa shape index (κ2) is 9.72. The standard InChI is InChI=1S/C27H26FN3O3S2/c1-18-14-19(2)17-30(16-18)36(33,34)23-7-5-6-20(15-23)26(32)31(22-12-10-21(28)11-13-22)27-29-24-8-3-4-9-25(24)35-27/h3-13,15,18-19H,14,16-17H2,1-2H3/t18-,19-/m0/s1. The molecule has 1 aliphatic rings. The van der Waals surface area contributed by atoms with E-state index in [1.54, 1.807) is 12.1 Å². The minimum Gasteiger partial charge on any atom is -0.268 e. The number of sulfonamides is 1. The Bertz CT molecular complexity index is 1480. The van der Waals surface area contributed by atoms with E-state index in [0.29, 0.717) is 23.9 Å². The molecular weight excluding hydrogens is 497 g/mol. The van der Waals surface area contributed by atoms with Crippen LogP contribution in [-0.2, 0) is 10.0 Å². The van der Waals surface area contributed by atoms with Crippen LogP contribution in [0.2, 0.25) is 0 Å². The van der Waals surface area contributed by atoms with E-state index < -0.39 is 21.7 Å². The number of benzene rings is 3. The molecule has 0 N–H and O–H groups in total. The largest absolute Gasteiger partial charge is 0.268 e. The lowest BCUT2D eigenvalue weighted by atomic mass is 9.94. The number of amides is 1. The summed E-state index contributed by atoms with van der Waals surface area (Å²) in [6, 6.07) is 19.2. The maximum Gasteiger partial charge on any atom is 0.264 e. The summed E-state index contributed by atoms with van der Waals surface area (Å²) in [6.07, 6.45) is 0.985. The molecule has 0 saturated carbocycles. The third-order valence-electron chi connectivity index (χ3n) is 6.32. The van der Waals surface area contributed by atoms with Crippen LogP contribution in [0.15, 0.2) is 77.7 Å². The fourth-order valence-electron chi connectivity index (χ4n) is 4.73.